The third kappa shape index (κ3) is 3.78. The van der Waals surface area contributed by atoms with Crippen LogP contribution in [-0.2, 0) is 23.1 Å². The molecule has 0 aliphatic heterocycles. The maximum Gasteiger partial charge on any atom is 0.335 e. The molecular weight excluding hydrogens is 721 g/mol. The Morgan fingerprint density at radius 3 is 2.58 bits per heavy atom. The molecule has 4 fully saturated rings. The number of amides is 1. The number of hydrogen-bond donors (Lipinski definition) is 2. The first-order valence-electron chi connectivity index (χ1n) is 12.9. The number of carboxylic acids is 1. The molecule has 0 unspecified atom stereocenters. The van der Waals surface area contributed by atoms with Crippen molar-refractivity contribution in [2.45, 2.75) is 51.0 Å². The predicted octanol–water partition coefficient (Wildman–Crippen LogP) is 2.98. The normalized spacial score (nSPS) is 26.1. The van der Waals surface area contributed by atoms with Gasteiger partial charge in [0, 0.05) is 36.5 Å². The van der Waals surface area contributed by atoms with Crippen LogP contribution in [0.3, 0.4) is 0 Å². The molecule has 1 aromatic heterocycles. The van der Waals surface area contributed by atoms with Gasteiger partial charge in [-0.25, -0.2) is 14.2 Å². The van der Waals surface area contributed by atoms with Gasteiger partial charge in [0.1, 0.15) is 6.04 Å². The number of aryl methyl sites for hydroxylation is 1. The first-order chi connectivity index (χ1) is 17.7. The van der Waals surface area contributed by atoms with E-state index in [1.54, 1.807) is 25.2 Å². The molecule has 3 aromatic rings. The molecule has 9 heteroatoms. The van der Waals surface area contributed by atoms with Crippen LogP contribution in [0, 0.1) is 23.2 Å². The standard InChI is InChI=1S/C29H30N3O5.Cf/c1-31-12-9-24(33)32(27(31)37)23-8-3-6-20-19(5-2-7-21(20)23)13-22(25(34)35)30-26(36)29-11-4-10-28(17-29)14-18(15-28)16-29;/h2-9,12,18,22H,10-11,13-17H2,1H3,(H,30,36)(H,34,35);/q-1;/t18?,22-,28?,29-;/m0./s1. The van der Waals surface area contributed by atoms with Gasteiger partial charge in [0.25, 0.3) is 5.56 Å². The Morgan fingerprint density at radius 1 is 1.08 bits per heavy atom. The van der Waals surface area contributed by atoms with Crippen molar-refractivity contribution in [2.24, 2.45) is 23.8 Å². The van der Waals surface area contributed by atoms with Crippen LogP contribution in [0.15, 0.2) is 58.3 Å². The summed E-state index contributed by atoms with van der Waals surface area (Å²) in [6.07, 6.45) is 9.59. The molecule has 0 saturated heterocycles. The van der Waals surface area contributed by atoms with Crippen LogP contribution < -0.4 is 16.6 Å². The number of carbonyl (C=O) groups excluding carboxylic acids is 1. The fourth-order valence-corrected chi connectivity index (χ4v) is 7.36. The molecule has 3 bridgehead atoms. The zero-order chi connectivity index (χ0) is 25.9. The second kappa shape index (κ2) is 8.71. The largest absolute Gasteiger partial charge is 0.480 e. The number of nitrogens with one attached hydrogen (secondary N) is 1. The second-order valence-electron chi connectivity index (χ2n) is 11.4. The third-order valence-corrected chi connectivity index (χ3v) is 8.84. The van der Waals surface area contributed by atoms with E-state index in [9.17, 15) is 24.3 Å². The van der Waals surface area contributed by atoms with Crippen molar-refractivity contribution in [3.05, 3.63) is 81.5 Å². The number of hydrogen-bond acceptors (Lipinski definition) is 4. The molecule has 38 heavy (non-hydrogen) atoms. The summed E-state index contributed by atoms with van der Waals surface area (Å²) in [5.74, 6) is -0.659. The molecule has 1 heterocycles. The summed E-state index contributed by atoms with van der Waals surface area (Å²) >= 11 is 0. The van der Waals surface area contributed by atoms with Gasteiger partial charge in [-0.05, 0) is 48.6 Å². The Kier molecular flexibility index (Phi) is 5.73. The van der Waals surface area contributed by atoms with Gasteiger partial charge >= 0.3 is 11.7 Å². The Balaban J connectivity index is 0.00000294. The SMILES string of the molecule is Cn1ccc(=O)n(-c2cccc3c(C[C@H](NC(=O)[C@@]45C[CH-]CC6(CC(C6)C4)C5)C(=O)O)cccc23)c1=O.[Cf]. The molecule has 0 radical (unpaired) electrons. The summed E-state index contributed by atoms with van der Waals surface area (Å²) in [7, 11) is 1.58. The second-order valence-corrected chi connectivity index (χ2v) is 11.4. The number of rotatable bonds is 6. The van der Waals surface area contributed by atoms with Crippen molar-refractivity contribution in [3.63, 3.8) is 0 Å². The molecule has 202 valence electrons. The number of carbonyl (C=O) groups is 2. The average Bonchev–Trinajstić information content (AvgIpc) is 2.85. The Labute approximate surface area is 213 Å². The fourth-order valence-electron chi connectivity index (χ4n) is 7.36. The molecule has 4 aliphatic carbocycles. The van der Waals surface area contributed by atoms with Crippen molar-refractivity contribution in [3.8, 4) is 5.69 Å². The van der Waals surface area contributed by atoms with E-state index in [-0.39, 0.29) is 17.7 Å². The van der Waals surface area contributed by atoms with Crippen molar-refractivity contribution >= 4 is 22.6 Å². The van der Waals surface area contributed by atoms with Crippen LogP contribution in [0.25, 0.3) is 16.5 Å². The van der Waals surface area contributed by atoms with Crippen LogP contribution in [0.2, 0.25) is 0 Å². The van der Waals surface area contributed by atoms with Crippen LogP contribution in [-0.4, -0.2) is 32.2 Å². The molecule has 2 aromatic carbocycles. The van der Waals surface area contributed by atoms with E-state index in [0.717, 1.165) is 34.8 Å². The van der Waals surface area contributed by atoms with Gasteiger partial charge < -0.3 is 21.4 Å². The van der Waals surface area contributed by atoms with Crippen molar-refractivity contribution in [2.75, 3.05) is 0 Å². The third-order valence-electron chi connectivity index (χ3n) is 8.84. The maximum atomic E-state index is 13.5. The Hall–Kier alpha value is -4.68. The van der Waals surface area contributed by atoms with Crippen LogP contribution in [0.5, 0.6) is 0 Å². The first-order valence-corrected chi connectivity index (χ1v) is 12.9. The predicted molar refractivity (Wildman–Crippen MR) is 138 cm³/mol. The fraction of sp³-hybridized carbons (Fsp3) is 0.414. The number of aromatic nitrogens is 2. The van der Waals surface area contributed by atoms with E-state index in [2.05, 4.69) is 11.7 Å². The Morgan fingerprint density at radius 2 is 1.82 bits per heavy atom. The zero-order valence-corrected chi connectivity index (χ0v) is 23.7. The molecule has 2 N–H and O–H groups in total. The summed E-state index contributed by atoms with van der Waals surface area (Å²) in [6, 6.07) is 11.0. The van der Waals surface area contributed by atoms with Crippen molar-refractivity contribution < 1.29 is 14.7 Å². The smallest absolute Gasteiger partial charge is 0.335 e. The zero-order valence-electron chi connectivity index (χ0n) is 21.1. The number of carboxylic acid groups (broad SMARTS) is 1. The minimum Gasteiger partial charge on any atom is -0.480 e. The van der Waals surface area contributed by atoms with E-state index < -0.39 is 28.7 Å². The summed E-state index contributed by atoms with van der Waals surface area (Å²) in [5, 5.41) is 14.3. The minimum atomic E-state index is -1.08. The quantitative estimate of drug-likeness (QED) is 0.377. The molecule has 7 rings (SSSR count). The number of nitrogens with zero attached hydrogens (tertiary/aromatic N) is 2. The van der Waals surface area contributed by atoms with Crippen molar-refractivity contribution in [1.82, 2.24) is 14.5 Å². The minimum absolute atomic E-state index is 0. The van der Waals surface area contributed by atoms with Gasteiger partial charge in [0.2, 0.25) is 5.91 Å². The number of benzene rings is 2. The maximum absolute atomic E-state index is 13.5. The summed E-state index contributed by atoms with van der Waals surface area (Å²) in [4.78, 5) is 51.2. The first kappa shape index (κ1) is 25.0. The van der Waals surface area contributed by atoms with E-state index in [1.807, 2.05) is 18.2 Å². The van der Waals surface area contributed by atoms with E-state index in [1.165, 1.54) is 29.7 Å². The monoisotopic (exact) mass is 749 g/mol. The molecule has 8 nitrogen and oxygen atoms in total. The summed E-state index contributed by atoms with van der Waals surface area (Å²) in [6.45, 7) is 0. The Bertz CT molecular complexity index is 1550. The van der Waals surface area contributed by atoms with Gasteiger partial charge in [-0.15, -0.1) is 0 Å². The molecular formula is C29H30CfN3O5-. The molecule has 1 amide bonds. The molecule has 1 spiro atoms. The number of fused-ring (bicyclic) bond motifs is 1. The summed E-state index contributed by atoms with van der Waals surface area (Å²) in [5.41, 5.74) is 0.00782. The van der Waals surface area contributed by atoms with E-state index >= 15 is 0 Å². The van der Waals surface area contributed by atoms with Gasteiger partial charge in [-0.2, -0.15) is 12.8 Å². The molecule has 2 atom stereocenters. The van der Waals surface area contributed by atoms with Gasteiger partial charge in [-0.1, -0.05) is 35.7 Å². The topological polar surface area (TPSA) is 110 Å². The van der Waals surface area contributed by atoms with E-state index in [0.29, 0.717) is 23.4 Å². The van der Waals surface area contributed by atoms with Gasteiger partial charge in [-0.3, -0.25) is 9.59 Å². The molecule has 4 aliphatic rings. The van der Waals surface area contributed by atoms with Gasteiger partial charge in [0.15, 0.2) is 0 Å². The summed E-state index contributed by atoms with van der Waals surface area (Å²) < 4.78 is 2.45. The average molecular weight is 752 g/mol. The van der Waals surface area contributed by atoms with Crippen LogP contribution in [0.1, 0.15) is 44.1 Å². The van der Waals surface area contributed by atoms with Crippen LogP contribution >= 0.6 is 0 Å². The van der Waals surface area contributed by atoms with Gasteiger partial charge in [0.05, 0.1) is 5.69 Å². The number of aliphatic carboxylic acids is 1. The molecule has 4 saturated carbocycles. The van der Waals surface area contributed by atoms with Crippen LogP contribution in [0.4, 0.5) is 0 Å². The van der Waals surface area contributed by atoms with E-state index in [4.69, 9.17) is 0 Å². The van der Waals surface area contributed by atoms with Crippen molar-refractivity contribution in [1.29, 1.82) is 0 Å².